The van der Waals surface area contributed by atoms with Gasteiger partial charge in [-0.1, -0.05) is 6.07 Å². The molecule has 1 amide bonds. The summed E-state index contributed by atoms with van der Waals surface area (Å²) in [6.07, 6.45) is 1.44. The topological polar surface area (TPSA) is 69.8 Å². The lowest BCUT2D eigenvalue weighted by Gasteiger charge is -2.11. The lowest BCUT2D eigenvalue weighted by Crippen LogP contribution is -2.37. The molecule has 1 aromatic carbocycles. The Morgan fingerprint density at radius 1 is 1.53 bits per heavy atom. The summed E-state index contributed by atoms with van der Waals surface area (Å²) in [5, 5.41) is 6.29. The van der Waals surface area contributed by atoms with Crippen LogP contribution in [0.5, 0.6) is 0 Å². The molecular formula is C14H18N4O. The van der Waals surface area contributed by atoms with Gasteiger partial charge in [0.2, 0.25) is 5.91 Å². The molecule has 5 heteroatoms. The number of aromatic amines is 1. The van der Waals surface area contributed by atoms with E-state index in [1.807, 2.05) is 25.1 Å². The summed E-state index contributed by atoms with van der Waals surface area (Å²) in [6.45, 7) is 3.80. The highest BCUT2D eigenvalue weighted by molar-refractivity contribution is 5.82. The summed E-state index contributed by atoms with van der Waals surface area (Å²) >= 11 is 0. The second-order valence-corrected chi connectivity index (χ2v) is 5.11. The predicted molar refractivity (Wildman–Crippen MR) is 74.0 cm³/mol. The fourth-order valence-electron chi connectivity index (χ4n) is 2.54. The molecule has 0 bridgehead atoms. The van der Waals surface area contributed by atoms with Crippen LogP contribution in [0.2, 0.25) is 0 Å². The van der Waals surface area contributed by atoms with Crippen LogP contribution < -0.4 is 10.6 Å². The average molecular weight is 258 g/mol. The van der Waals surface area contributed by atoms with E-state index in [9.17, 15) is 4.79 Å². The zero-order valence-electron chi connectivity index (χ0n) is 11.0. The number of nitrogens with zero attached hydrogens (tertiary/aromatic N) is 1. The zero-order valence-corrected chi connectivity index (χ0v) is 11.0. The van der Waals surface area contributed by atoms with Crippen molar-refractivity contribution < 1.29 is 4.79 Å². The Kier molecular flexibility index (Phi) is 3.21. The number of carbonyl (C=O) groups excluding carboxylic acids is 1. The average Bonchev–Trinajstić information content (AvgIpc) is 2.96. The van der Waals surface area contributed by atoms with Crippen molar-refractivity contribution in [1.82, 2.24) is 20.6 Å². The summed E-state index contributed by atoms with van der Waals surface area (Å²) in [5.74, 6) is 0.984. The maximum absolute atomic E-state index is 11.9. The molecule has 19 heavy (non-hydrogen) atoms. The highest BCUT2D eigenvalue weighted by Crippen LogP contribution is 2.14. The van der Waals surface area contributed by atoms with Crippen LogP contribution in [-0.4, -0.2) is 35.0 Å². The zero-order chi connectivity index (χ0) is 13.2. The largest absolute Gasteiger partial charge is 0.352 e. The molecule has 3 rings (SSSR count). The first-order chi connectivity index (χ1) is 9.20. The van der Waals surface area contributed by atoms with Gasteiger partial charge in [-0.15, -0.1) is 0 Å². The van der Waals surface area contributed by atoms with E-state index in [-0.39, 0.29) is 11.9 Å². The van der Waals surface area contributed by atoms with Crippen molar-refractivity contribution in [3.05, 3.63) is 29.6 Å². The second kappa shape index (κ2) is 5.01. The van der Waals surface area contributed by atoms with E-state index >= 15 is 0 Å². The molecule has 1 saturated heterocycles. The van der Waals surface area contributed by atoms with E-state index in [0.717, 1.165) is 41.9 Å². The van der Waals surface area contributed by atoms with E-state index in [1.54, 1.807) is 0 Å². The van der Waals surface area contributed by atoms with Crippen LogP contribution >= 0.6 is 0 Å². The van der Waals surface area contributed by atoms with Gasteiger partial charge in [-0.25, -0.2) is 4.98 Å². The van der Waals surface area contributed by atoms with E-state index in [4.69, 9.17) is 0 Å². The molecule has 0 radical (unpaired) electrons. The Hall–Kier alpha value is -1.88. The van der Waals surface area contributed by atoms with Crippen LogP contribution in [0, 0.1) is 6.92 Å². The normalized spacial score (nSPS) is 18.9. The third-order valence-corrected chi connectivity index (χ3v) is 3.45. The number of hydrogen-bond donors (Lipinski definition) is 3. The number of aryl methyl sites for hydroxylation is 1. The lowest BCUT2D eigenvalue weighted by atomic mass is 10.1. The van der Waals surface area contributed by atoms with Crippen molar-refractivity contribution >= 4 is 16.9 Å². The van der Waals surface area contributed by atoms with Gasteiger partial charge < -0.3 is 15.6 Å². The van der Waals surface area contributed by atoms with Crippen molar-refractivity contribution in [2.24, 2.45) is 0 Å². The summed E-state index contributed by atoms with van der Waals surface area (Å²) in [7, 11) is 0. The van der Waals surface area contributed by atoms with Crippen molar-refractivity contribution in [1.29, 1.82) is 0 Å². The van der Waals surface area contributed by atoms with Crippen molar-refractivity contribution in [3.8, 4) is 0 Å². The molecule has 1 fully saturated rings. The molecule has 0 spiro atoms. The number of imidazole rings is 1. The third kappa shape index (κ3) is 2.76. The van der Waals surface area contributed by atoms with Gasteiger partial charge >= 0.3 is 0 Å². The first-order valence-electron chi connectivity index (χ1n) is 6.66. The fraction of sp³-hybridized carbons (Fsp3) is 0.429. The van der Waals surface area contributed by atoms with Gasteiger partial charge in [-0.3, -0.25) is 4.79 Å². The number of nitrogens with one attached hydrogen (secondary N) is 3. The van der Waals surface area contributed by atoms with Crippen molar-refractivity contribution in [2.45, 2.75) is 25.8 Å². The van der Waals surface area contributed by atoms with Gasteiger partial charge in [-0.05, 0) is 37.6 Å². The smallest absolute Gasteiger partial charge is 0.224 e. The first-order valence-corrected chi connectivity index (χ1v) is 6.66. The SMILES string of the molecule is Cc1nc2ccc(CC(=O)N[C@@H]3CCNC3)cc2[nH]1. The molecule has 1 aromatic heterocycles. The summed E-state index contributed by atoms with van der Waals surface area (Å²) in [4.78, 5) is 19.5. The summed E-state index contributed by atoms with van der Waals surface area (Å²) in [5.41, 5.74) is 2.95. The van der Waals surface area contributed by atoms with Crippen LogP contribution in [0.15, 0.2) is 18.2 Å². The van der Waals surface area contributed by atoms with Crippen LogP contribution in [0.1, 0.15) is 17.8 Å². The Labute approximate surface area is 111 Å². The quantitative estimate of drug-likeness (QED) is 0.766. The number of carbonyl (C=O) groups is 1. The van der Waals surface area contributed by atoms with Gasteiger partial charge in [0.25, 0.3) is 0 Å². The minimum absolute atomic E-state index is 0.0873. The molecule has 3 N–H and O–H groups in total. The standard InChI is InChI=1S/C14H18N4O/c1-9-16-12-3-2-10(6-13(12)17-9)7-14(19)18-11-4-5-15-8-11/h2-3,6,11,15H,4-5,7-8H2,1H3,(H,16,17)(H,18,19)/t11-/m1/s1. The monoisotopic (exact) mass is 258 g/mol. The Morgan fingerprint density at radius 3 is 3.21 bits per heavy atom. The molecule has 2 aromatic rings. The summed E-state index contributed by atoms with van der Waals surface area (Å²) in [6, 6.07) is 6.21. The van der Waals surface area contributed by atoms with E-state index in [0.29, 0.717) is 6.42 Å². The van der Waals surface area contributed by atoms with Crippen LogP contribution in [0.3, 0.4) is 0 Å². The minimum Gasteiger partial charge on any atom is -0.352 e. The van der Waals surface area contributed by atoms with Crippen LogP contribution in [-0.2, 0) is 11.2 Å². The third-order valence-electron chi connectivity index (χ3n) is 3.45. The van der Waals surface area contributed by atoms with Gasteiger partial charge in [-0.2, -0.15) is 0 Å². The van der Waals surface area contributed by atoms with Crippen molar-refractivity contribution in [3.63, 3.8) is 0 Å². The Bertz CT molecular complexity index is 599. The molecule has 1 aliphatic heterocycles. The van der Waals surface area contributed by atoms with E-state index < -0.39 is 0 Å². The summed E-state index contributed by atoms with van der Waals surface area (Å²) < 4.78 is 0. The highest BCUT2D eigenvalue weighted by atomic mass is 16.1. The number of hydrogen-bond acceptors (Lipinski definition) is 3. The van der Waals surface area contributed by atoms with Gasteiger partial charge in [0.15, 0.2) is 0 Å². The lowest BCUT2D eigenvalue weighted by molar-refractivity contribution is -0.121. The van der Waals surface area contributed by atoms with Gasteiger partial charge in [0, 0.05) is 12.6 Å². The molecule has 5 nitrogen and oxygen atoms in total. The molecule has 0 aliphatic carbocycles. The number of aromatic nitrogens is 2. The number of fused-ring (bicyclic) bond motifs is 1. The molecule has 2 heterocycles. The second-order valence-electron chi connectivity index (χ2n) is 5.11. The minimum atomic E-state index is 0.0873. The molecule has 0 saturated carbocycles. The number of H-pyrrole nitrogens is 1. The van der Waals surface area contributed by atoms with Crippen molar-refractivity contribution in [2.75, 3.05) is 13.1 Å². The number of amides is 1. The van der Waals surface area contributed by atoms with Gasteiger partial charge in [0.1, 0.15) is 5.82 Å². The van der Waals surface area contributed by atoms with Gasteiger partial charge in [0.05, 0.1) is 17.5 Å². The maximum Gasteiger partial charge on any atom is 0.224 e. The Morgan fingerprint density at radius 2 is 2.42 bits per heavy atom. The fourth-order valence-corrected chi connectivity index (χ4v) is 2.54. The number of rotatable bonds is 3. The van der Waals surface area contributed by atoms with E-state index in [2.05, 4.69) is 20.6 Å². The number of benzene rings is 1. The maximum atomic E-state index is 11.9. The van der Waals surface area contributed by atoms with Crippen LogP contribution in [0.25, 0.3) is 11.0 Å². The molecule has 0 unspecified atom stereocenters. The van der Waals surface area contributed by atoms with E-state index in [1.165, 1.54) is 0 Å². The Balaban J connectivity index is 1.68. The molecule has 1 aliphatic rings. The first kappa shape index (κ1) is 12.2. The highest BCUT2D eigenvalue weighted by Gasteiger charge is 2.16. The molecule has 1 atom stereocenters. The molecular weight excluding hydrogens is 240 g/mol. The van der Waals surface area contributed by atoms with Crippen LogP contribution in [0.4, 0.5) is 0 Å². The molecule has 100 valence electrons. The predicted octanol–water partition coefficient (Wildman–Crippen LogP) is 0.892.